The standard InChI is InChI=1S/C88H78O23/c89-79(60-37-17-4-18-38-60)100-55-68-71(105-81(91)62-41-21-6-22-42-62)74(106-82(92)63-43-23-7-24-44-63)77(108-84(94)65-47-27-9-28-48-65)88(103-68)111-72-69(56-101-80(90)61-39-19-5-20-40-61)104-87(78(109-85(95)66-49-29-10-30-50-66)75(72)107-83(93)64-45-25-8-26-46-64)110-70-67(54-97-51-57-31-11-1-12-32-57)102-86(96)76(99-53-59-35-15-3-16-36-59)73(70)98-52-58-33-13-2-14-34-58/h1-50,67-78,86-88,96H,51-56H2/t67-,68-,69-,70-,71-,72-,73+,74+,75+,76-,77-,78-,86+,87+,88+/m1/s1. The lowest BCUT2D eigenvalue weighted by Gasteiger charge is -2.50. The molecule has 10 aromatic rings. The summed E-state index contributed by atoms with van der Waals surface area (Å²) in [6, 6.07) is 82.0. The minimum atomic E-state index is -2.20. The lowest BCUT2D eigenvalue weighted by atomic mass is 9.94. The fourth-order valence-corrected chi connectivity index (χ4v) is 12.8. The first-order valence-corrected chi connectivity index (χ1v) is 36.0. The number of aliphatic hydroxyl groups is 1. The van der Waals surface area contributed by atoms with E-state index >= 15 is 14.4 Å². The number of carbonyl (C=O) groups is 7. The summed E-state index contributed by atoms with van der Waals surface area (Å²) in [4.78, 5) is 104. The van der Waals surface area contributed by atoms with E-state index < -0.39 is 147 Å². The zero-order valence-electron chi connectivity index (χ0n) is 59.7. The maximum absolute atomic E-state index is 15.4. The minimum Gasteiger partial charge on any atom is -0.459 e. The third-order valence-corrected chi connectivity index (χ3v) is 18.4. The quantitative estimate of drug-likeness (QED) is 0.0323. The van der Waals surface area contributed by atoms with Gasteiger partial charge in [0.2, 0.25) is 0 Å². The second-order valence-electron chi connectivity index (χ2n) is 26.0. The van der Waals surface area contributed by atoms with Crippen molar-refractivity contribution < 1.29 is 110 Å². The minimum absolute atomic E-state index is 0.0105. The molecular weight excluding hydrogens is 1420 g/mol. The number of hydrogen-bond acceptors (Lipinski definition) is 23. The van der Waals surface area contributed by atoms with E-state index in [9.17, 15) is 24.3 Å². The van der Waals surface area contributed by atoms with Gasteiger partial charge >= 0.3 is 41.8 Å². The maximum Gasteiger partial charge on any atom is 0.338 e. The Bertz CT molecular complexity index is 4620. The van der Waals surface area contributed by atoms with Crippen LogP contribution in [0.4, 0.5) is 0 Å². The van der Waals surface area contributed by atoms with Gasteiger partial charge in [0.1, 0.15) is 55.9 Å². The van der Waals surface area contributed by atoms with E-state index in [1.165, 1.54) is 84.9 Å². The second-order valence-corrected chi connectivity index (χ2v) is 26.0. The van der Waals surface area contributed by atoms with Crippen molar-refractivity contribution >= 4 is 41.8 Å². The number of aliphatic hydroxyl groups excluding tert-OH is 1. The number of benzene rings is 10. The van der Waals surface area contributed by atoms with Crippen LogP contribution < -0.4 is 0 Å². The summed E-state index contributed by atoms with van der Waals surface area (Å²) in [6.07, 6.45) is -27.3. The molecule has 0 unspecified atom stereocenters. The van der Waals surface area contributed by atoms with Gasteiger partial charge in [-0.25, -0.2) is 33.6 Å². The first-order chi connectivity index (χ1) is 54.4. The van der Waals surface area contributed by atoms with Gasteiger partial charge in [0.15, 0.2) is 49.4 Å². The van der Waals surface area contributed by atoms with Crippen LogP contribution >= 0.6 is 0 Å². The van der Waals surface area contributed by atoms with Gasteiger partial charge in [0.05, 0.1) is 65.4 Å². The number of carbonyl (C=O) groups excluding carboxylic acids is 7. The molecule has 0 bridgehead atoms. The Morgan fingerprint density at radius 3 is 0.847 bits per heavy atom. The van der Waals surface area contributed by atoms with Crippen molar-refractivity contribution in [3.05, 3.63) is 359 Å². The maximum atomic E-state index is 15.4. The molecule has 0 aliphatic carbocycles. The van der Waals surface area contributed by atoms with Gasteiger partial charge in [-0.05, 0) is 102 Å². The lowest BCUT2D eigenvalue weighted by molar-refractivity contribution is -0.380. The van der Waals surface area contributed by atoms with Crippen molar-refractivity contribution in [2.24, 2.45) is 0 Å². The normalized spacial score (nSPS) is 23.5. The fourth-order valence-electron chi connectivity index (χ4n) is 12.8. The van der Waals surface area contributed by atoms with E-state index in [4.69, 9.17) is 71.1 Å². The van der Waals surface area contributed by atoms with Crippen LogP contribution in [0.3, 0.4) is 0 Å². The van der Waals surface area contributed by atoms with Crippen molar-refractivity contribution in [3.8, 4) is 0 Å². The summed E-state index contributed by atoms with van der Waals surface area (Å²) >= 11 is 0. The lowest BCUT2D eigenvalue weighted by Crippen LogP contribution is -2.68. The molecule has 15 atom stereocenters. The second kappa shape index (κ2) is 38.5. The highest BCUT2D eigenvalue weighted by Gasteiger charge is 2.60. The molecule has 3 aliphatic heterocycles. The summed E-state index contributed by atoms with van der Waals surface area (Å²) in [5.74, 6) is -6.98. The Hall–Kier alpha value is -11.9. The third kappa shape index (κ3) is 20.5. The highest BCUT2D eigenvalue weighted by atomic mass is 16.8. The zero-order chi connectivity index (χ0) is 76.7. The highest BCUT2D eigenvalue weighted by molar-refractivity contribution is 5.93. The van der Waals surface area contributed by atoms with Crippen molar-refractivity contribution in [1.82, 2.24) is 0 Å². The molecule has 23 nitrogen and oxygen atoms in total. The molecule has 0 amide bonds. The topological polar surface area (TPSA) is 278 Å². The molecule has 23 heteroatoms. The van der Waals surface area contributed by atoms with Crippen LogP contribution in [0, 0.1) is 0 Å². The molecule has 1 N–H and O–H groups in total. The van der Waals surface area contributed by atoms with Crippen LogP contribution in [0.15, 0.2) is 303 Å². The Kier molecular flexibility index (Phi) is 26.8. The zero-order valence-corrected chi connectivity index (χ0v) is 59.7. The molecule has 3 aliphatic rings. The van der Waals surface area contributed by atoms with Gasteiger partial charge in [-0.3, -0.25) is 0 Å². The van der Waals surface area contributed by atoms with Crippen molar-refractivity contribution in [2.75, 3.05) is 19.8 Å². The van der Waals surface area contributed by atoms with Crippen LogP contribution in [0.5, 0.6) is 0 Å². The molecule has 568 valence electrons. The van der Waals surface area contributed by atoms with Gasteiger partial charge in [0, 0.05) is 0 Å². The number of rotatable bonds is 30. The Morgan fingerprint density at radius 2 is 0.505 bits per heavy atom. The van der Waals surface area contributed by atoms with E-state index in [1.807, 2.05) is 91.0 Å². The number of hydrogen-bond donors (Lipinski definition) is 1. The summed E-state index contributed by atoms with van der Waals surface area (Å²) < 4.78 is 100. The highest BCUT2D eigenvalue weighted by Crippen LogP contribution is 2.40. The molecule has 0 saturated carbocycles. The Morgan fingerprint density at radius 1 is 0.252 bits per heavy atom. The SMILES string of the molecule is O=C(OC[C@H]1O[C@@H](O[C@H]2[C@H](OC(=O)c3ccccc3)[C@@H](OC(=O)c3ccccc3)[C@H](O[C@H]3[C@H](OCc4ccccc4)[C@@H](OCc4ccccc4)[C@@H](O)O[C@@H]3COCc3ccccc3)O[C@@H]2COC(=O)c2ccccc2)[C@H](OC(=O)c2ccccc2)[C@@H](OC(=O)c2ccccc2)[C@@H]1OC(=O)c1ccccc1)c1ccccc1. The van der Waals surface area contributed by atoms with Crippen molar-refractivity contribution in [3.63, 3.8) is 0 Å². The van der Waals surface area contributed by atoms with Gasteiger partial charge < -0.3 is 76.2 Å². The first-order valence-electron chi connectivity index (χ1n) is 36.0. The molecule has 3 heterocycles. The van der Waals surface area contributed by atoms with Crippen LogP contribution in [0.1, 0.15) is 89.2 Å². The summed E-state index contributed by atoms with van der Waals surface area (Å²) in [5, 5.41) is 12.3. The summed E-state index contributed by atoms with van der Waals surface area (Å²) in [5.41, 5.74) is 2.23. The van der Waals surface area contributed by atoms with Gasteiger partial charge in [-0.1, -0.05) is 218 Å². The first kappa shape index (κ1) is 77.3. The number of ether oxygens (including phenoxy) is 15. The van der Waals surface area contributed by atoms with Crippen LogP contribution in [-0.4, -0.2) is 159 Å². The van der Waals surface area contributed by atoms with Gasteiger partial charge in [-0.2, -0.15) is 0 Å². The predicted molar refractivity (Wildman–Crippen MR) is 396 cm³/mol. The van der Waals surface area contributed by atoms with Crippen molar-refractivity contribution in [1.29, 1.82) is 0 Å². The molecule has 0 radical (unpaired) electrons. The molecule has 0 spiro atoms. The van der Waals surface area contributed by atoms with E-state index in [1.54, 1.807) is 127 Å². The van der Waals surface area contributed by atoms with Crippen molar-refractivity contribution in [2.45, 2.75) is 112 Å². The van der Waals surface area contributed by atoms with Crippen LogP contribution in [0.2, 0.25) is 0 Å². The van der Waals surface area contributed by atoms with E-state index in [2.05, 4.69) is 0 Å². The van der Waals surface area contributed by atoms with Crippen LogP contribution in [-0.2, 0) is 90.9 Å². The third-order valence-electron chi connectivity index (χ3n) is 18.4. The largest absolute Gasteiger partial charge is 0.459 e. The average molecular weight is 1500 g/mol. The van der Waals surface area contributed by atoms with E-state index in [0.717, 1.165) is 5.56 Å². The van der Waals surface area contributed by atoms with Gasteiger partial charge in [-0.15, -0.1) is 0 Å². The average Bonchev–Trinajstić information content (AvgIpc) is 0.757. The monoisotopic (exact) mass is 1500 g/mol. The molecule has 0 aromatic heterocycles. The van der Waals surface area contributed by atoms with E-state index in [-0.39, 0.29) is 65.4 Å². The fraction of sp³-hybridized carbons (Fsp3) is 0.239. The molecular formula is C88H78O23. The molecule has 10 aromatic carbocycles. The summed E-state index contributed by atoms with van der Waals surface area (Å²) in [7, 11) is 0. The molecule has 111 heavy (non-hydrogen) atoms. The Balaban J connectivity index is 0.984. The van der Waals surface area contributed by atoms with Gasteiger partial charge in [0.25, 0.3) is 0 Å². The van der Waals surface area contributed by atoms with Crippen LogP contribution in [0.25, 0.3) is 0 Å². The molecule has 13 rings (SSSR count). The van der Waals surface area contributed by atoms with E-state index in [0.29, 0.717) is 11.1 Å². The molecule has 3 fully saturated rings. The number of esters is 7. The smallest absolute Gasteiger partial charge is 0.338 e. The summed E-state index contributed by atoms with van der Waals surface area (Å²) in [6.45, 7) is -2.12. The predicted octanol–water partition coefficient (Wildman–Crippen LogP) is 12.2. The Labute approximate surface area is 639 Å². The molecule has 3 saturated heterocycles.